The summed E-state index contributed by atoms with van der Waals surface area (Å²) in [7, 11) is 0. The van der Waals surface area contributed by atoms with Crippen molar-refractivity contribution in [2.75, 3.05) is 26.2 Å². The molecule has 0 aromatic carbocycles. The van der Waals surface area contributed by atoms with Crippen molar-refractivity contribution in [1.82, 2.24) is 14.8 Å². The van der Waals surface area contributed by atoms with Crippen LogP contribution in [0.5, 0.6) is 0 Å². The third kappa shape index (κ3) is 4.53. The third-order valence-electron chi connectivity index (χ3n) is 4.10. The summed E-state index contributed by atoms with van der Waals surface area (Å²) in [5.74, 6) is -0.140. The summed E-state index contributed by atoms with van der Waals surface area (Å²) in [6.45, 7) is 7.13. The van der Waals surface area contributed by atoms with Crippen LogP contribution in [0.15, 0.2) is 18.2 Å². The van der Waals surface area contributed by atoms with Crippen LogP contribution in [-0.4, -0.2) is 52.8 Å². The fourth-order valence-electron chi connectivity index (χ4n) is 2.95. The first kappa shape index (κ1) is 17.4. The number of aromatic nitrogens is 1. The summed E-state index contributed by atoms with van der Waals surface area (Å²) >= 11 is 0. The fraction of sp³-hybridized carbons (Fsp3) is 0.611. The number of hydrogen-bond acceptors (Lipinski definition) is 3. The van der Waals surface area contributed by atoms with E-state index in [2.05, 4.69) is 18.8 Å². The van der Waals surface area contributed by atoms with Crippen LogP contribution in [0.1, 0.15) is 66.9 Å². The minimum absolute atomic E-state index is 0.0584. The van der Waals surface area contributed by atoms with Gasteiger partial charge in [0.2, 0.25) is 0 Å². The van der Waals surface area contributed by atoms with Gasteiger partial charge in [0.25, 0.3) is 11.8 Å². The Morgan fingerprint density at radius 2 is 1.65 bits per heavy atom. The van der Waals surface area contributed by atoms with Crippen LogP contribution < -0.4 is 0 Å². The minimum Gasteiger partial charge on any atom is -0.337 e. The van der Waals surface area contributed by atoms with Crippen molar-refractivity contribution in [2.24, 2.45) is 0 Å². The molecule has 0 radical (unpaired) electrons. The Balaban J connectivity index is 2.14. The number of piperidine rings is 1. The Labute approximate surface area is 138 Å². The first-order chi connectivity index (χ1) is 11.2. The molecule has 0 bridgehead atoms. The summed E-state index contributed by atoms with van der Waals surface area (Å²) in [6, 6.07) is 5.17. The van der Waals surface area contributed by atoms with Crippen molar-refractivity contribution in [2.45, 2.75) is 46.0 Å². The van der Waals surface area contributed by atoms with Crippen molar-refractivity contribution >= 4 is 11.8 Å². The second-order valence-electron chi connectivity index (χ2n) is 6.05. The molecule has 1 saturated heterocycles. The first-order valence-electron chi connectivity index (χ1n) is 8.73. The van der Waals surface area contributed by atoms with Crippen LogP contribution in [0.4, 0.5) is 0 Å². The fourth-order valence-corrected chi connectivity index (χ4v) is 2.95. The predicted octanol–water partition coefficient (Wildman–Crippen LogP) is 2.97. The molecule has 126 valence electrons. The van der Waals surface area contributed by atoms with Gasteiger partial charge in [-0.05, 0) is 44.2 Å². The Kier molecular flexibility index (Phi) is 6.56. The lowest BCUT2D eigenvalue weighted by Crippen LogP contribution is -2.37. The molecule has 1 aromatic heterocycles. The van der Waals surface area contributed by atoms with Crippen LogP contribution in [0.25, 0.3) is 0 Å². The van der Waals surface area contributed by atoms with Gasteiger partial charge in [-0.25, -0.2) is 4.98 Å². The van der Waals surface area contributed by atoms with Gasteiger partial charge in [-0.1, -0.05) is 19.9 Å². The number of nitrogens with zero attached hydrogens (tertiary/aromatic N) is 3. The highest BCUT2D eigenvalue weighted by atomic mass is 16.2. The maximum Gasteiger partial charge on any atom is 0.272 e. The quantitative estimate of drug-likeness (QED) is 0.810. The zero-order chi connectivity index (χ0) is 16.7. The van der Waals surface area contributed by atoms with Crippen molar-refractivity contribution < 1.29 is 9.59 Å². The SMILES string of the molecule is CCCN(CCC)C(=O)c1cccc(C(=O)N2CCCCC2)n1. The molecule has 0 spiro atoms. The maximum atomic E-state index is 12.6. The standard InChI is InChI=1S/C18H27N3O2/c1-3-11-20(12-4-2)17(22)15-9-8-10-16(19-15)18(23)21-13-6-5-7-14-21/h8-10H,3-7,11-14H2,1-2H3. The third-order valence-corrected chi connectivity index (χ3v) is 4.10. The predicted molar refractivity (Wildman–Crippen MR) is 90.5 cm³/mol. The molecule has 0 saturated carbocycles. The number of amides is 2. The monoisotopic (exact) mass is 317 g/mol. The summed E-state index contributed by atoms with van der Waals surface area (Å²) in [5, 5.41) is 0. The van der Waals surface area contributed by atoms with E-state index >= 15 is 0 Å². The molecule has 0 N–H and O–H groups in total. The highest BCUT2D eigenvalue weighted by Gasteiger charge is 2.21. The van der Waals surface area contributed by atoms with Crippen molar-refractivity contribution in [3.8, 4) is 0 Å². The Hall–Kier alpha value is -1.91. The zero-order valence-electron chi connectivity index (χ0n) is 14.3. The number of carbonyl (C=O) groups excluding carboxylic acids is 2. The van der Waals surface area contributed by atoms with E-state index in [1.165, 1.54) is 6.42 Å². The van der Waals surface area contributed by atoms with E-state index in [1.807, 2.05) is 9.80 Å². The van der Waals surface area contributed by atoms with E-state index in [-0.39, 0.29) is 11.8 Å². The molecule has 1 aliphatic heterocycles. The summed E-state index contributed by atoms with van der Waals surface area (Å²) in [4.78, 5) is 33.2. The van der Waals surface area contributed by atoms with Gasteiger partial charge in [-0.15, -0.1) is 0 Å². The van der Waals surface area contributed by atoms with Gasteiger partial charge in [0.15, 0.2) is 0 Å². The number of carbonyl (C=O) groups is 2. The van der Waals surface area contributed by atoms with Crippen molar-refractivity contribution in [1.29, 1.82) is 0 Å². The van der Waals surface area contributed by atoms with E-state index in [4.69, 9.17) is 0 Å². The van der Waals surface area contributed by atoms with Gasteiger partial charge in [-0.2, -0.15) is 0 Å². The molecule has 2 heterocycles. The van der Waals surface area contributed by atoms with Gasteiger partial charge >= 0.3 is 0 Å². The summed E-state index contributed by atoms with van der Waals surface area (Å²) in [5.41, 5.74) is 0.750. The minimum atomic E-state index is -0.0815. The zero-order valence-corrected chi connectivity index (χ0v) is 14.3. The van der Waals surface area contributed by atoms with Crippen LogP contribution >= 0.6 is 0 Å². The molecule has 23 heavy (non-hydrogen) atoms. The molecule has 1 aromatic rings. The lowest BCUT2D eigenvalue weighted by Gasteiger charge is -2.26. The lowest BCUT2D eigenvalue weighted by atomic mass is 10.1. The second-order valence-corrected chi connectivity index (χ2v) is 6.05. The van der Waals surface area contributed by atoms with Crippen LogP contribution in [0.3, 0.4) is 0 Å². The van der Waals surface area contributed by atoms with Gasteiger partial charge in [0.1, 0.15) is 11.4 Å². The number of likely N-dealkylation sites (tertiary alicyclic amines) is 1. The molecule has 1 aliphatic rings. The van der Waals surface area contributed by atoms with E-state index in [0.29, 0.717) is 11.4 Å². The van der Waals surface area contributed by atoms with Gasteiger partial charge in [-0.3, -0.25) is 9.59 Å². The van der Waals surface area contributed by atoms with Gasteiger partial charge in [0.05, 0.1) is 0 Å². The smallest absolute Gasteiger partial charge is 0.272 e. The number of pyridine rings is 1. The molecule has 0 atom stereocenters. The highest BCUT2D eigenvalue weighted by Crippen LogP contribution is 2.13. The average molecular weight is 317 g/mol. The molecule has 0 unspecified atom stereocenters. The molecule has 5 nitrogen and oxygen atoms in total. The van der Waals surface area contributed by atoms with Gasteiger partial charge < -0.3 is 9.80 Å². The maximum absolute atomic E-state index is 12.6. The average Bonchev–Trinajstić information content (AvgIpc) is 2.61. The summed E-state index contributed by atoms with van der Waals surface area (Å²) in [6.07, 6.45) is 5.10. The molecular weight excluding hydrogens is 290 g/mol. The van der Waals surface area contributed by atoms with E-state index in [9.17, 15) is 9.59 Å². The largest absolute Gasteiger partial charge is 0.337 e. The first-order valence-corrected chi connectivity index (χ1v) is 8.73. The van der Waals surface area contributed by atoms with Gasteiger partial charge in [0, 0.05) is 26.2 Å². The van der Waals surface area contributed by atoms with Crippen molar-refractivity contribution in [3.05, 3.63) is 29.6 Å². The molecule has 2 amide bonds. The van der Waals surface area contributed by atoms with E-state index < -0.39 is 0 Å². The second kappa shape index (κ2) is 8.65. The lowest BCUT2D eigenvalue weighted by molar-refractivity contribution is 0.0716. The number of hydrogen-bond donors (Lipinski definition) is 0. The normalized spacial score (nSPS) is 14.6. The Morgan fingerprint density at radius 1 is 1.04 bits per heavy atom. The Bertz CT molecular complexity index is 533. The highest BCUT2D eigenvalue weighted by molar-refractivity contribution is 5.96. The number of rotatable bonds is 6. The molecule has 2 rings (SSSR count). The molecule has 1 fully saturated rings. The summed E-state index contributed by atoms with van der Waals surface area (Å²) < 4.78 is 0. The van der Waals surface area contributed by atoms with E-state index in [1.54, 1.807) is 18.2 Å². The van der Waals surface area contributed by atoms with E-state index in [0.717, 1.165) is 51.9 Å². The molecular formula is C18H27N3O2. The van der Waals surface area contributed by atoms with Crippen LogP contribution in [0.2, 0.25) is 0 Å². The Morgan fingerprint density at radius 3 is 2.26 bits per heavy atom. The molecule has 5 heteroatoms. The topological polar surface area (TPSA) is 53.5 Å². The van der Waals surface area contributed by atoms with Crippen molar-refractivity contribution in [3.63, 3.8) is 0 Å². The molecule has 0 aliphatic carbocycles. The van der Waals surface area contributed by atoms with Crippen LogP contribution in [0, 0.1) is 0 Å². The van der Waals surface area contributed by atoms with Crippen LogP contribution in [-0.2, 0) is 0 Å².